The van der Waals surface area contributed by atoms with Crippen LogP contribution in [0.15, 0.2) is 32.9 Å². The zero-order chi connectivity index (χ0) is 16.1. The average molecular weight is 301 g/mol. The van der Waals surface area contributed by atoms with Crippen molar-refractivity contribution in [2.75, 3.05) is 7.11 Å². The summed E-state index contributed by atoms with van der Waals surface area (Å²) in [6.07, 6.45) is 2.24. The van der Waals surface area contributed by atoms with E-state index in [0.29, 0.717) is 6.42 Å². The van der Waals surface area contributed by atoms with Gasteiger partial charge in [0.1, 0.15) is 11.5 Å². The fraction of sp³-hybridized carbons (Fsp3) is 0.267. The van der Waals surface area contributed by atoms with E-state index in [4.69, 9.17) is 20.7 Å². The Morgan fingerprint density at radius 1 is 1.36 bits per heavy atom. The van der Waals surface area contributed by atoms with Crippen LogP contribution in [0, 0.1) is 13.8 Å². The summed E-state index contributed by atoms with van der Waals surface area (Å²) >= 11 is 0. The van der Waals surface area contributed by atoms with Crippen LogP contribution < -0.4 is 16.2 Å². The van der Waals surface area contributed by atoms with Gasteiger partial charge in [-0.25, -0.2) is 0 Å². The van der Waals surface area contributed by atoms with Gasteiger partial charge in [-0.2, -0.15) is 5.10 Å². The number of methoxy groups -OCH3 is 1. The first-order valence-corrected chi connectivity index (χ1v) is 6.72. The average Bonchev–Trinajstić information content (AvgIpc) is 2.79. The van der Waals surface area contributed by atoms with Crippen molar-refractivity contribution in [1.82, 2.24) is 5.16 Å². The SMILES string of the molecule is COc1ccc(C=NN=C(N)N)cc1Cc1c(C)noc1C. The number of ether oxygens (including phenoxy) is 1. The zero-order valence-electron chi connectivity index (χ0n) is 12.8. The molecule has 2 rings (SSSR count). The standard InChI is InChI=1S/C15H19N5O2/c1-9-13(10(2)22-20-9)7-12-6-11(4-5-14(12)21-3)8-18-19-15(16)17/h4-6,8H,7H2,1-3H3,(H4,16,17,19). The molecule has 116 valence electrons. The van der Waals surface area contributed by atoms with Crippen LogP contribution >= 0.6 is 0 Å². The Bertz CT molecular complexity index is 695. The molecule has 0 aliphatic rings. The molecular formula is C15H19N5O2. The Hall–Kier alpha value is -2.83. The topological polar surface area (TPSA) is 112 Å². The van der Waals surface area contributed by atoms with E-state index in [0.717, 1.165) is 33.9 Å². The molecule has 2 aromatic rings. The van der Waals surface area contributed by atoms with Gasteiger partial charge in [-0.15, -0.1) is 5.10 Å². The van der Waals surface area contributed by atoms with E-state index in [2.05, 4.69) is 15.4 Å². The lowest BCUT2D eigenvalue weighted by Gasteiger charge is -2.09. The summed E-state index contributed by atoms with van der Waals surface area (Å²) in [6.45, 7) is 3.81. The molecule has 0 saturated heterocycles. The van der Waals surface area contributed by atoms with Gasteiger partial charge in [0.05, 0.1) is 19.0 Å². The van der Waals surface area contributed by atoms with Crippen molar-refractivity contribution in [2.45, 2.75) is 20.3 Å². The molecule has 4 N–H and O–H groups in total. The minimum Gasteiger partial charge on any atom is -0.496 e. The minimum absolute atomic E-state index is 0.0827. The smallest absolute Gasteiger partial charge is 0.211 e. The summed E-state index contributed by atoms with van der Waals surface area (Å²) < 4.78 is 10.6. The normalized spacial score (nSPS) is 10.9. The maximum atomic E-state index is 5.41. The van der Waals surface area contributed by atoms with Crippen molar-refractivity contribution in [3.63, 3.8) is 0 Å². The predicted molar refractivity (Wildman–Crippen MR) is 85.2 cm³/mol. The number of hydrogen-bond acceptors (Lipinski definition) is 5. The second kappa shape index (κ2) is 6.75. The van der Waals surface area contributed by atoms with Crippen molar-refractivity contribution in [1.29, 1.82) is 0 Å². The molecule has 0 aliphatic carbocycles. The third-order valence-electron chi connectivity index (χ3n) is 3.23. The van der Waals surface area contributed by atoms with Gasteiger partial charge in [-0.3, -0.25) is 0 Å². The van der Waals surface area contributed by atoms with Gasteiger partial charge < -0.3 is 20.7 Å². The lowest BCUT2D eigenvalue weighted by Crippen LogP contribution is -2.21. The van der Waals surface area contributed by atoms with E-state index in [9.17, 15) is 0 Å². The van der Waals surface area contributed by atoms with Gasteiger partial charge in [-0.1, -0.05) is 5.16 Å². The highest BCUT2D eigenvalue weighted by Gasteiger charge is 2.13. The Kier molecular flexibility index (Phi) is 4.77. The summed E-state index contributed by atoms with van der Waals surface area (Å²) in [4.78, 5) is 0. The van der Waals surface area contributed by atoms with E-state index in [1.165, 1.54) is 0 Å². The Labute approximate surface area is 128 Å². The van der Waals surface area contributed by atoms with Gasteiger partial charge in [0.25, 0.3) is 0 Å². The highest BCUT2D eigenvalue weighted by molar-refractivity contribution is 5.82. The molecule has 0 atom stereocenters. The first-order chi connectivity index (χ1) is 10.5. The molecule has 0 saturated carbocycles. The minimum atomic E-state index is -0.0827. The molecule has 0 fully saturated rings. The molecule has 0 bridgehead atoms. The Balaban J connectivity index is 2.32. The molecule has 7 nitrogen and oxygen atoms in total. The van der Waals surface area contributed by atoms with Crippen LogP contribution in [-0.2, 0) is 6.42 Å². The van der Waals surface area contributed by atoms with Crippen LogP contribution in [-0.4, -0.2) is 24.4 Å². The number of nitrogens with zero attached hydrogens (tertiary/aromatic N) is 3. The van der Waals surface area contributed by atoms with Crippen LogP contribution in [0.1, 0.15) is 28.1 Å². The third kappa shape index (κ3) is 3.63. The highest BCUT2D eigenvalue weighted by atomic mass is 16.5. The molecule has 0 unspecified atom stereocenters. The van der Waals surface area contributed by atoms with E-state index < -0.39 is 0 Å². The molecule has 0 amide bonds. The number of rotatable bonds is 5. The van der Waals surface area contributed by atoms with E-state index in [-0.39, 0.29) is 5.96 Å². The summed E-state index contributed by atoms with van der Waals surface area (Å²) in [5.41, 5.74) is 14.3. The quantitative estimate of drug-likeness (QED) is 0.493. The molecular weight excluding hydrogens is 282 g/mol. The summed E-state index contributed by atoms with van der Waals surface area (Å²) in [5, 5.41) is 11.4. The summed E-state index contributed by atoms with van der Waals surface area (Å²) in [6, 6.07) is 5.72. The molecule has 1 heterocycles. The molecule has 1 aromatic carbocycles. The fourth-order valence-corrected chi connectivity index (χ4v) is 2.12. The van der Waals surface area contributed by atoms with Crippen molar-refractivity contribution in [2.24, 2.45) is 21.7 Å². The lowest BCUT2D eigenvalue weighted by molar-refractivity contribution is 0.392. The maximum Gasteiger partial charge on any atom is 0.211 e. The van der Waals surface area contributed by atoms with Crippen molar-refractivity contribution in [3.05, 3.63) is 46.3 Å². The summed E-state index contributed by atoms with van der Waals surface area (Å²) in [7, 11) is 1.64. The molecule has 22 heavy (non-hydrogen) atoms. The van der Waals surface area contributed by atoms with E-state index in [1.807, 2.05) is 32.0 Å². The van der Waals surface area contributed by atoms with Crippen LogP contribution in [0.25, 0.3) is 0 Å². The monoisotopic (exact) mass is 301 g/mol. The van der Waals surface area contributed by atoms with Gasteiger partial charge in [0.2, 0.25) is 5.96 Å². The number of hydrogen-bond donors (Lipinski definition) is 2. The van der Waals surface area contributed by atoms with Crippen molar-refractivity contribution < 1.29 is 9.26 Å². The van der Waals surface area contributed by atoms with Crippen LogP contribution in [0.3, 0.4) is 0 Å². The van der Waals surface area contributed by atoms with E-state index >= 15 is 0 Å². The summed E-state index contributed by atoms with van der Waals surface area (Å²) in [5.74, 6) is 1.51. The molecule has 7 heteroatoms. The van der Waals surface area contributed by atoms with E-state index in [1.54, 1.807) is 13.3 Å². The van der Waals surface area contributed by atoms with Gasteiger partial charge in [0, 0.05) is 12.0 Å². The number of benzene rings is 1. The van der Waals surface area contributed by atoms with Crippen molar-refractivity contribution in [3.8, 4) is 5.75 Å². The molecule has 0 aliphatic heterocycles. The predicted octanol–water partition coefficient (Wildman–Crippen LogP) is 1.50. The third-order valence-corrected chi connectivity index (χ3v) is 3.23. The second-order valence-corrected chi connectivity index (χ2v) is 4.82. The second-order valence-electron chi connectivity index (χ2n) is 4.82. The number of guanidine groups is 1. The largest absolute Gasteiger partial charge is 0.496 e. The lowest BCUT2D eigenvalue weighted by atomic mass is 10.0. The highest BCUT2D eigenvalue weighted by Crippen LogP contribution is 2.25. The number of aryl methyl sites for hydroxylation is 2. The van der Waals surface area contributed by atoms with Gasteiger partial charge in [0.15, 0.2) is 0 Å². The number of nitrogens with two attached hydrogens (primary N) is 2. The zero-order valence-corrected chi connectivity index (χ0v) is 12.8. The molecule has 0 spiro atoms. The van der Waals surface area contributed by atoms with Crippen molar-refractivity contribution >= 4 is 12.2 Å². The van der Waals surface area contributed by atoms with Gasteiger partial charge >= 0.3 is 0 Å². The van der Waals surface area contributed by atoms with Crippen LogP contribution in [0.5, 0.6) is 5.75 Å². The fourth-order valence-electron chi connectivity index (χ4n) is 2.12. The van der Waals surface area contributed by atoms with Crippen LogP contribution in [0.2, 0.25) is 0 Å². The maximum absolute atomic E-state index is 5.41. The first kappa shape index (κ1) is 15.6. The molecule has 1 aromatic heterocycles. The number of aromatic nitrogens is 1. The van der Waals surface area contributed by atoms with Crippen LogP contribution in [0.4, 0.5) is 0 Å². The Morgan fingerprint density at radius 2 is 2.14 bits per heavy atom. The Morgan fingerprint density at radius 3 is 2.73 bits per heavy atom. The first-order valence-electron chi connectivity index (χ1n) is 6.72. The molecule has 0 radical (unpaired) electrons. The van der Waals surface area contributed by atoms with Gasteiger partial charge in [-0.05, 0) is 43.2 Å².